The van der Waals surface area contributed by atoms with Crippen molar-refractivity contribution in [3.63, 3.8) is 0 Å². The lowest BCUT2D eigenvalue weighted by Crippen LogP contribution is -2.48. The van der Waals surface area contributed by atoms with Gasteiger partial charge < -0.3 is 9.47 Å². The molecule has 2 heterocycles. The number of carbonyl (C=O) groups is 3. The molecule has 1 atom stereocenters. The van der Waals surface area contributed by atoms with E-state index in [1.165, 1.54) is 13.2 Å². The van der Waals surface area contributed by atoms with Crippen LogP contribution in [0.15, 0.2) is 34.7 Å². The van der Waals surface area contributed by atoms with Crippen LogP contribution in [0.1, 0.15) is 19.8 Å². The van der Waals surface area contributed by atoms with Gasteiger partial charge in [-0.25, -0.2) is 9.69 Å². The van der Waals surface area contributed by atoms with Crippen LogP contribution in [0.5, 0.6) is 5.75 Å². The van der Waals surface area contributed by atoms with E-state index in [2.05, 4.69) is 10.4 Å². The quantitative estimate of drug-likeness (QED) is 0.437. The number of anilines is 1. The Balaban J connectivity index is 1.95. The molecule has 2 aliphatic heterocycles. The van der Waals surface area contributed by atoms with E-state index in [4.69, 9.17) is 9.47 Å². The number of hydrazone groups is 1. The van der Waals surface area contributed by atoms with Gasteiger partial charge in [-0.05, 0) is 19.1 Å². The highest BCUT2D eigenvalue weighted by Crippen LogP contribution is 2.41. The van der Waals surface area contributed by atoms with Crippen molar-refractivity contribution in [1.29, 1.82) is 0 Å². The molecule has 0 bridgehead atoms. The Bertz CT molecular complexity index is 823. The first-order chi connectivity index (χ1) is 12.5. The van der Waals surface area contributed by atoms with Crippen molar-refractivity contribution in [2.75, 3.05) is 18.6 Å². The van der Waals surface area contributed by atoms with Gasteiger partial charge in [-0.1, -0.05) is 6.07 Å². The predicted octanol–water partition coefficient (Wildman–Crippen LogP) is 1.00. The summed E-state index contributed by atoms with van der Waals surface area (Å²) >= 11 is 0. The molecule has 1 unspecified atom stereocenters. The van der Waals surface area contributed by atoms with Gasteiger partial charge in [0.05, 0.1) is 31.1 Å². The first-order valence-electron chi connectivity index (χ1n) is 7.86. The highest BCUT2D eigenvalue weighted by atomic mass is 16.5. The summed E-state index contributed by atoms with van der Waals surface area (Å²) in [5.41, 5.74) is -1.48. The van der Waals surface area contributed by atoms with Gasteiger partial charge in [0.15, 0.2) is 11.3 Å². The molecule has 2 amide bonds. The maximum atomic E-state index is 13.0. The molecule has 1 aromatic rings. The van der Waals surface area contributed by atoms with Gasteiger partial charge in [-0.3, -0.25) is 9.59 Å². The standard InChI is InChI=1S/C16H16N4O6/c1-3-26-14(22)12-8-16(20(17-12)18-24)9-13(21)19(15(16)23)10-5-4-6-11(7-10)25-2/h4-7H,3,8-9H2,1-2H3. The van der Waals surface area contributed by atoms with Crippen molar-refractivity contribution in [2.24, 2.45) is 10.4 Å². The molecule has 1 saturated heterocycles. The van der Waals surface area contributed by atoms with Crippen LogP contribution in [0.2, 0.25) is 0 Å². The largest absolute Gasteiger partial charge is 0.497 e. The zero-order chi connectivity index (χ0) is 18.9. The van der Waals surface area contributed by atoms with Crippen molar-refractivity contribution in [2.45, 2.75) is 25.3 Å². The minimum Gasteiger partial charge on any atom is -0.497 e. The highest BCUT2D eigenvalue weighted by Gasteiger charge is 2.61. The topological polar surface area (TPSA) is 118 Å². The number of imide groups is 1. The molecule has 3 rings (SSSR count). The van der Waals surface area contributed by atoms with Crippen molar-refractivity contribution < 1.29 is 23.9 Å². The van der Waals surface area contributed by atoms with Gasteiger partial charge in [-0.2, -0.15) is 0 Å². The Labute approximate surface area is 148 Å². The van der Waals surface area contributed by atoms with E-state index >= 15 is 0 Å². The summed E-state index contributed by atoms with van der Waals surface area (Å²) in [5, 5.41) is 7.10. The summed E-state index contributed by atoms with van der Waals surface area (Å²) in [7, 11) is 1.46. The number of methoxy groups -OCH3 is 1. The molecular weight excluding hydrogens is 344 g/mol. The Morgan fingerprint density at radius 2 is 2.12 bits per heavy atom. The fourth-order valence-corrected chi connectivity index (χ4v) is 3.05. The van der Waals surface area contributed by atoms with Gasteiger partial charge in [0.25, 0.3) is 5.91 Å². The molecule has 1 spiro atoms. The van der Waals surface area contributed by atoms with E-state index in [0.717, 1.165) is 4.90 Å². The smallest absolute Gasteiger partial charge is 0.354 e. The Hall–Kier alpha value is -3.30. The Morgan fingerprint density at radius 3 is 2.77 bits per heavy atom. The molecule has 1 aromatic carbocycles. The normalized spacial score (nSPS) is 22.0. The van der Waals surface area contributed by atoms with Gasteiger partial charge in [0, 0.05) is 12.5 Å². The maximum Gasteiger partial charge on any atom is 0.354 e. The molecule has 136 valence electrons. The number of nitroso groups, excluding NO2 is 1. The molecule has 1 fully saturated rings. The van der Waals surface area contributed by atoms with E-state index < -0.39 is 23.3 Å². The average Bonchev–Trinajstić information content (AvgIpc) is 3.13. The predicted molar refractivity (Wildman–Crippen MR) is 89.2 cm³/mol. The lowest BCUT2D eigenvalue weighted by atomic mass is 9.92. The van der Waals surface area contributed by atoms with Gasteiger partial charge in [0.1, 0.15) is 5.75 Å². The number of ether oxygens (including phenoxy) is 2. The summed E-state index contributed by atoms with van der Waals surface area (Å²) in [5.74, 6) is -1.50. The third-order valence-corrected chi connectivity index (χ3v) is 4.25. The van der Waals surface area contributed by atoms with Crippen LogP contribution in [0, 0.1) is 4.91 Å². The van der Waals surface area contributed by atoms with Crippen LogP contribution in [-0.4, -0.2) is 47.9 Å². The summed E-state index contributed by atoms with van der Waals surface area (Å²) in [6.45, 7) is 1.73. The summed E-state index contributed by atoms with van der Waals surface area (Å²) in [6.07, 6.45) is -0.566. The summed E-state index contributed by atoms with van der Waals surface area (Å²) in [6, 6.07) is 6.39. The second-order valence-corrected chi connectivity index (χ2v) is 5.76. The zero-order valence-electron chi connectivity index (χ0n) is 14.2. The van der Waals surface area contributed by atoms with Crippen LogP contribution in [-0.2, 0) is 19.1 Å². The molecule has 0 aromatic heterocycles. The number of hydrogen-bond acceptors (Lipinski definition) is 8. The van der Waals surface area contributed by atoms with Crippen LogP contribution in [0.4, 0.5) is 5.69 Å². The number of esters is 1. The molecule has 0 saturated carbocycles. The number of rotatable bonds is 5. The van der Waals surface area contributed by atoms with Gasteiger partial charge in [0.2, 0.25) is 5.91 Å². The first-order valence-corrected chi connectivity index (χ1v) is 7.86. The van der Waals surface area contributed by atoms with Crippen molar-refractivity contribution in [3.8, 4) is 5.75 Å². The SMILES string of the molecule is CCOC(=O)C1=NN(N=O)C2(CC(=O)N(c3cccc(OC)c3)C2=O)C1. The van der Waals surface area contributed by atoms with Crippen LogP contribution >= 0.6 is 0 Å². The van der Waals surface area contributed by atoms with Crippen molar-refractivity contribution >= 4 is 29.2 Å². The monoisotopic (exact) mass is 360 g/mol. The Kier molecular flexibility index (Phi) is 4.41. The fraction of sp³-hybridized carbons (Fsp3) is 0.375. The molecule has 0 aliphatic carbocycles. The highest BCUT2D eigenvalue weighted by molar-refractivity contribution is 6.39. The third kappa shape index (κ3) is 2.59. The minimum absolute atomic E-state index is 0.113. The minimum atomic E-state index is -1.65. The zero-order valence-corrected chi connectivity index (χ0v) is 14.2. The van der Waals surface area contributed by atoms with Crippen LogP contribution in [0.3, 0.4) is 0 Å². The number of benzene rings is 1. The Morgan fingerprint density at radius 1 is 1.35 bits per heavy atom. The van der Waals surface area contributed by atoms with Gasteiger partial charge >= 0.3 is 5.97 Å². The fourth-order valence-electron chi connectivity index (χ4n) is 3.05. The molecule has 26 heavy (non-hydrogen) atoms. The lowest BCUT2D eigenvalue weighted by molar-refractivity contribution is -0.135. The second-order valence-electron chi connectivity index (χ2n) is 5.76. The van der Waals surface area contributed by atoms with Crippen LogP contribution in [0.25, 0.3) is 0 Å². The summed E-state index contributed by atoms with van der Waals surface area (Å²) < 4.78 is 9.97. The maximum absolute atomic E-state index is 13.0. The molecule has 10 heteroatoms. The van der Waals surface area contributed by atoms with Crippen molar-refractivity contribution in [3.05, 3.63) is 29.2 Å². The first kappa shape index (κ1) is 17.5. The number of amides is 2. The molecular formula is C16H16N4O6. The van der Waals surface area contributed by atoms with E-state index in [-0.39, 0.29) is 25.2 Å². The number of carbonyl (C=O) groups excluding carboxylic acids is 3. The van der Waals surface area contributed by atoms with E-state index in [0.29, 0.717) is 16.6 Å². The second kappa shape index (κ2) is 6.54. The third-order valence-electron chi connectivity index (χ3n) is 4.25. The van der Waals surface area contributed by atoms with E-state index in [9.17, 15) is 19.3 Å². The average molecular weight is 360 g/mol. The number of hydrogen-bond donors (Lipinski definition) is 0. The summed E-state index contributed by atoms with van der Waals surface area (Å²) in [4.78, 5) is 49.6. The molecule has 0 N–H and O–H groups in total. The van der Waals surface area contributed by atoms with Crippen molar-refractivity contribution in [1.82, 2.24) is 5.12 Å². The molecule has 0 radical (unpaired) electrons. The molecule has 10 nitrogen and oxygen atoms in total. The lowest BCUT2D eigenvalue weighted by Gasteiger charge is -2.24. The molecule has 2 aliphatic rings. The van der Waals surface area contributed by atoms with E-state index in [1.54, 1.807) is 25.1 Å². The van der Waals surface area contributed by atoms with Gasteiger partial charge in [-0.15, -0.1) is 15.1 Å². The van der Waals surface area contributed by atoms with Crippen LogP contribution < -0.4 is 9.64 Å². The number of nitrogens with zero attached hydrogens (tertiary/aromatic N) is 4. The van der Waals surface area contributed by atoms with E-state index in [1.807, 2.05) is 0 Å².